The number of nitrogens with one attached hydrogen (secondary N) is 1. The van der Waals surface area contributed by atoms with Crippen LogP contribution in [0.4, 0.5) is 5.82 Å². The van der Waals surface area contributed by atoms with Crippen molar-refractivity contribution in [1.82, 2.24) is 25.3 Å². The zero-order valence-corrected chi connectivity index (χ0v) is 14.1. The van der Waals surface area contributed by atoms with Crippen molar-refractivity contribution < 1.29 is 0 Å². The Hall–Kier alpha value is -2.73. The number of hydrogen-bond acceptors (Lipinski definition) is 5. The summed E-state index contributed by atoms with van der Waals surface area (Å²) in [6.07, 6.45) is 6.06. The molecule has 0 bridgehead atoms. The zero-order chi connectivity index (χ0) is 16.9. The predicted molar refractivity (Wildman–Crippen MR) is 97.7 cm³/mol. The van der Waals surface area contributed by atoms with Gasteiger partial charge in [0.05, 0.1) is 11.4 Å². The molecule has 6 nitrogen and oxygen atoms in total. The van der Waals surface area contributed by atoms with Crippen LogP contribution in [-0.2, 0) is 6.54 Å². The van der Waals surface area contributed by atoms with E-state index in [1.54, 1.807) is 6.20 Å². The van der Waals surface area contributed by atoms with E-state index in [9.17, 15) is 0 Å². The maximum absolute atomic E-state index is 4.66. The summed E-state index contributed by atoms with van der Waals surface area (Å²) in [5.41, 5.74) is 2.14. The average Bonchev–Trinajstić information content (AvgIpc) is 3.17. The van der Waals surface area contributed by atoms with Crippen LogP contribution in [0, 0.1) is 0 Å². The SMILES string of the molecule is c1ccc(-n2ccc(CN[C@H]3CCCN(c4cccnn4)C3)n2)cc1. The molecule has 3 aromatic rings. The van der Waals surface area contributed by atoms with E-state index in [0.29, 0.717) is 6.04 Å². The summed E-state index contributed by atoms with van der Waals surface area (Å²) in [4.78, 5) is 2.30. The van der Waals surface area contributed by atoms with Crippen LogP contribution in [0.3, 0.4) is 0 Å². The summed E-state index contributed by atoms with van der Waals surface area (Å²) in [7, 11) is 0. The molecule has 25 heavy (non-hydrogen) atoms. The van der Waals surface area contributed by atoms with Gasteiger partial charge in [-0.1, -0.05) is 18.2 Å². The van der Waals surface area contributed by atoms with E-state index >= 15 is 0 Å². The summed E-state index contributed by atoms with van der Waals surface area (Å²) in [5.74, 6) is 0.961. The van der Waals surface area contributed by atoms with Crippen molar-refractivity contribution in [1.29, 1.82) is 0 Å². The first-order valence-electron chi connectivity index (χ1n) is 8.74. The fourth-order valence-corrected chi connectivity index (χ4v) is 3.24. The summed E-state index contributed by atoms with van der Waals surface area (Å²) >= 11 is 0. The van der Waals surface area contributed by atoms with Crippen molar-refractivity contribution in [2.24, 2.45) is 0 Å². The Kier molecular flexibility index (Phi) is 4.70. The van der Waals surface area contributed by atoms with Crippen LogP contribution in [0.1, 0.15) is 18.5 Å². The molecule has 1 saturated heterocycles. The first kappa shape index (κ1) is 15.8. The van der Waals surface area contributed by atoms with Crippen LogP contribution in [0.2, 0.25) is 0 Å². The van der Waals surface area contributed by atoms with Gasteiger partial charge in [0, 0.05) is 38.1 Å². The molecule has 128 valence electrons. The summed E-state index contributed by atoms with van der Waals surface area (Å²) in [5, 5.41) is 16.5. The Morgan fingerprint density at radius 2 is 2.00 bits per heavy atom. The largest absolute Gasteiger partial charge is 0.354 e. The van der Waals surface area contributed by atoms with Crippen LogP contribution in [0.15, 0.2) is 60.9 Å². The predicted octanol–water partition coefficient (Wildman–Crippen LogP) is 2.42. The van der Waals surface area contributed by atoms with E-state index in [4.69, 9.17) is 0 Å². The molecule has 1 aliphatic rings. The summed E-state index contributed by atoms with van der Waals surface area (Å²) in [6, 6.07) is 16.7. The van der Waals surface area contributed by atoms with Crippen molar-refractivity contribution >= 4 is 5.82 Å². The normalized spacial score (nSPS) is 17.6. The lowest BCUT2D eigenvalue weighted by Gasteiger charge is -2.33. The highest BCUT2D eigenvalue weighted by molar-refractivity contribution is 5.37. The minimum Gasteiger partial charge on any atom is -0.354 e. The second-order valence-electron chi connectivity index (χ2n) is 6.34. The van der Waals surface area contributed by atoms with Crippen molar-refractivity contribution in [3.8, 4) is 5.69 Å². The lowest BCUT2D eigenvalue weighted by atomic mass is 10.1. The van der Waals surface area contributed by atoms with Crippen LogP contribution >= 0.6 is 0 Å². The van der Waals surface area contributed by atoms with Gasteiger partial charge in [0.2, 0.25) is 0 Å². The number of aromatic nitrogens is 4. The van der Waals surface area contributed by atoms with Gasteiger partial charge in [-0.3, -0.25) is 0 Å². The van der Waals surface area contributed by atoms with E-state index in [-0.39, 0.29) is 0 Å². The van der Waals surface area contributed by atoms with Crippen molar-refractivity contribution in [2.75, 3.05) is 18.0 Å². The van der Waals surface area contributed by atoms with Crippen LogP contribution in [0.5, 0.6) is 0 Å². The zero-order valence-electron chi connectivity index (χ0n) is 14.1. The number of benzene rings is 1. The lowest BCUT2D eigenvalue weighted by Crippen LogP contribution is -2.45. The molecule has 2 aromatic heterocycles. The molecule has 3 heterocycles. The molecule has 0 aliphatic carbocycles. The van der Waals surface area contributed by atoms with Gasteiger partial charge in [-0.2, -0.15) is 10.2 Å². The standard InChI is InChI=1S/C19H22N6/c1-2-7-18(8-3-1)25-13-10-16(23-25)14-20-17-6-5-12-24(15-17)19-9-4-11-21-22-19/h1-4,7-11,13,17,20H,5-6,12,14-15H2/t17-/m0/s1. The fraction of sp³-hybridized carbons (Fsp3) is 0.316. The molecular formula is C19H22N6. The Bertz CT molecular complexity index is 786. The van der Waals surface area contributed by atoms with Gasteiger partial charge in [-0.05, 0) is 43.2 Å². The molecule has 0 unspecified atom stereocenters. The molecule has 6 heteroatoms. The van der Waals surface area contributed by atoms with Crippen LogP contribution in [-0.4, -0.2) is 39.1 Å². The molecule has 0 saturated carbocycles. The maximum Gasteiger partial charge on any atom is 0.151 e. The number of piperidine rings is 1. The van der Waals surface area contributed by atoms with E-state index in [0.717, 1.165) is 43.3 Å². The first-order valence-corrected chi connectivity index (χ1v) is 8.74. The second kappa shape index (κ2) is 7.44. The van der Waals surface area contributed by atoms with E-state index in [1.807, 2.05) is 41.2 Å². The van der Waals surface area contributed by atoms with Gasteiger partial charge in [0.15, 0.2) is 5.82 Å². The fourth-order valence-electron chi connectivity index (χ4n) is 3.24. The van der Waals surface area contributed by atoms with Gasteiger partial charge in [0.25, 0.3) is 0 Å². The minimum atomic E-state index is 0.442. The van der Waals surface area contributed by atoms with Crippen molar-refractivity contribution in [2.45, 2.75) is 25.4 Å². The second-order valence-corrected chi connectivity index (χ2v) is 6.34. The summed E-state index contributed by atoms with van der Waals surface area (Å²) in [6.45, 7) is 2.77. The van der Waals surface area contributed by atoms with Gasteiger partial charge >= 0.3 is 0 Å². The number of anilines is 1. The average molecular weight is 334 g/mol. The molecule has 0 amide bonds. The quantitative estimate of drug-likeness (QED) is 0.776. The Labute approximate surface area is 147 Å². The third-order valence-electron chi connectivity index (χ3n) is 4.54. The van der Waals surface area contributed by atoms with Crippen LogP contribution < -0.4 is 10.2 Å². The third-order valence-corrected chi connectivity index (χ3v) is 4.54. The number of para-hydroxylation sites is 1. The molecule has 4 rings (SSSR count). The molecule has 0 radical (unpaired) electrons. The molecule has 1 aromatic carbocycles. The number of rotatable bonds is 5. The minimum absolute atomic E-state index is 0.442. The van der Waals surface area contributed by atoms with E-state index in [1.165, 1.54) is 6.42 Å². The van der Waals surface area contributed by atoms with Crippen molar-refractivity contribution in [3.63, 3.8) is 0 Å². The topological polar surface area (TPSA) is 58.9 Å². The van der Waals surface area contributed by atoms with Gasteiger partial charge in [0.1, 0.15) is 0 Å². The smallest absolute Gasteiger partial charge is 0.151 e. The highest BCUT2D eigenvalue weighted by Crippen LogP contribution is 2.17. The lowest BCUT2D eigenvalue weighted by molar-refractivity contribution is 0.417. The van der Waals surface area contributed by atoms with Crippen LogP contribution in [0.25, 0.3) is 5.69 Å². The highest BCUT2D eigenvalue weighted by Gasteiger charge is 2.20. The summed E-state index contributed by atoms with van der Waals surface area (Å²) < 4.78 is 1.92. The van der Waals surface area contributed by atoms with Gasteiger partial charge < -0.3 is 10.2 Å². The molecule has 1 fully saturated rings. The first-order chi connectivity index (χ1) is 12.4. The van der Waals surface area contributed by atoms with E-state index in [2.05, 4.69) is 43.7 Å². The molecule has 0 spiro atoms. The van der Waals surface area contributed by atoms with Crippen molar-refractivity contribution in [3.05, 3.63) is 66.6 Å². The highest BCUT2D eigenvalue weighted by atomic mass is 15.3. The molecule has 1 aliphatic heterocycles. The van der Waals surface area contributed by atoms with E-state index < -0.39 is 0 Å². The number of nitrogens with zero attached hydrogens (tertiary/aromatic N) is 5. The molecular weight excluding hydrogens is 312 g/mol. The molecule has 1 atom stereocenters. The van der Waals surface area contributed by atoms with Gasteiger partial charge in [-0.25, -0.2) is 4.68 Å². The Morgan fingerprint density at radius 1 is 1.08 bits per heavy atom. The molecule has 1 N–H and O–H groups in total. The van der Waals surface area contributed by atoms with Gasteiger partial charge in [-0.15, -0.1) is 5.10 Å². The Balaban J connectivity index is 1.35. The number of hydrogen-bond donors (Lipinski definition) is 1. The third kappa shape index (κ3) is 3.85. The Morgan fingerprint density at radius 3 is 2.84 bits per heavy atom. The monoisotopic (exact) mass is 334 g/mol. The maximum atomic E-state index is 4.66.